The highest BCUT2D eigenvalue weighted by Gasteiger charge is 2.18. The molecule has 0 aromatic heterocycles. The van der Waals surface area contributed by atoms with Crippen molar-refractivity contribution >= 4 is 26.0 Å². The zero-order valence-corrected chi connectivity index (χ0v) is 12.9. The third-order valence-corrected chi connectivity index (χ3v) is 5.21. The number of aliphatic hydroxyl groups excluding tert-OH is 1. The molecule has 0 saturated heterocycles. The minimum Gasteiger partial charge on any atom is -0.387 e. The standard InChI is InChI=1S/C14H14BrNO3S/c15-12-8-4-5-9-14(12)20(18,19)16-10-13(17)11-6-2-1-3-7-11/h1-9,13,16-17H,10H2. The molecule has 2 aromatic carbocycles. The molecule has 1 unspecified atom stereocenters. The van der Waals surface area contributed by atoms with Crippen LogP contribution < -0.4 is 4.72 Å². The first-order valence-corrected chi connectivity index (χ1v) is 8.25. The summed E-state index contributed by atoms with van der Waals surface area (Å²) in [6.45, 7) is -0.0757. The lowest BCUT2D eigenvalue weighted by atomic mass is 10.1. The summed E-state index contributed by atoms with van der Waals surface area (Å²) in [5, 5.41) is 9.96. The number of aliphatic hydroxyl groups is 1. The Bertz CT molecular complexity index is 674. The Labute approximate surface area is 126 Å². The Balaban J connectivity index is 2.09. The molecule has 0 radical (unpaired) electrons. The van der Waals surface area contributed by atoms with Gasteiger partial charge in [0.1, 0.15) is 0 Å². The second kappa shape index (κ2) is 6.49. The summed E-state index contributed by atoms with van der Waals surface area (Å²) in [5.41, 5.74) is 0.669. The fourth-order valence-corrected chi connectivity index (χ4v) is 3.76. The van der Waals surface area contributed by atoms with E-state index in [0.717, 1.165) is 0 Å². The SMILES string of the molecule is O=S(=O)(NCC(O)c1ccccc1)c1ccccc1Br. The summed E-state index contributed by atoms with van der Waals surface area (Å²) in [6, 6.07) is 15.5. The summed E-state index contributed by atoms with van der Waals surface area (Å²) in [6.07, 6.45) is -0.881. The van der Waals surface area contributed by atoms with Crippen LogP contribution in [0.3, 0.4) is 0 Å². The van der Waals surface area contributed by atoms with Crippen molar-refractivity contribution in [1.29, 1.82) is 0 Å². The van der Waals surface area contributed by atoms with Gasteiger partial charge in [-0.25, -0.2) is 13.1 Å². The van der Waals surface area contributed by atoms with Gasteiger partial charge in [-0.05, 0) is 33.6 Å². The highest BCUT2D eigenvalue weighted by molar-refractivity contribution is 9.10. The number of hydrogen-bond acceptors (Lipinski definition) is 3. The smallest absolute Gasteiger partial charge is 0.241 e. The zero-order valence-electron chi connectivity index (χ0n) is 10.5. The van der Waals surface area contributed by atoms with Crippen LogP contribution in [-0.2, 0) is 10.0 Å². The van der Waals surface area contributed by atoms with Crippen LogP contribution in [0.15, 0.2) is 64.0 Å². The van der Waals surface area contributed by atoms with Gasteiger partial charge < -0.3 is 5.11 Å². The second-order valence-corrected chi connectivity index (χ2v) is 6.80. The predicted molar refractivity (Wildman–Crippen MR) is 80.7 cm³/mol. The molecule has 0 saturated carbocycles. The van der Waals surface area contributed by atoms with Gasteiger partial charge in [-0.15, -0.1) is 0 Å². The van der Waals surface area contributed by atoms with Gasteiger partial charge in [-0.3, -0.25) is 0 Å². The van der Waals surface area contributed by atoms with E-state index in [1.54, 1.807) is 42.5 Å². The molecule has 20 heavy (non-hydrogen) atoms. The van der Waals surface area contributed by atoms with Gasteiger partial charge in [0.05, 0.1) is 11.0 Å². The number of nitrogens with one attached hydrogen (secondary N) is 1. The lowest BCUT2D eigenvalue weighted by Gasteiger charge is -2.13. The number of rotatable bonds is 5. The Morgan fingerprint density at radius 3 is 2.30 bits per heavy atom. The minimum atomic E-state index is -3.65. The summed E-state index contributed by atoms with van der Waals surface area (Å²) < 4.78 is 27.2. The van der Waals surface area contributed by atoms with E-state index in [9.17, 15) is 13.5 Å². The Morgan fingerprint density at radius 1 is 1.05 bits per heavy atom. The number of sulfonamides is 1. The van der Waals surface area contributed by atoms with Crippen LogP contribution in [0.2, 0.25) is 0 Å². The highest BCUT2D eigenvalue weighted by atomic mass is 79.9. The van der Waals surface area contributed by atoms with E-state index in [1.807, 2.05) is 6.07 Å². The quantitative estimate of drug-likeness (QED) is 0.865. The maximum atomic E-state index is 12.1. The molecule has 4 nitrogen and oxygen atoms in total. The average molecular weight is 356 g/mol. The molecule has 0 aliphatic carbocycles. The van der Waals surface area contributed by atoms with E-state index in [1.165, 1.54) is 6.07 Å². The van der Waals surface area contributed by atoms with Gasteiger partial charge in [-0.2, -0.15) is 0 Å². The predicted octanol–water partition coefficient (Wildman–Crippen LogP) is 2.46. The van der Waals surface area contributed by atoms with Crippen LogP contribution in [0.4, 0.5) is 0 Å². The van der Waals surface area contributed by atoms with E-state index in [0.29, 0.717) is 10.0 Å². The van der Waals surface area contributed by atoms with Crippen LogP contribution in [-0.4, -0.2) is 20.1 Å². The van der Waals surface area contributed by atoms with Gasteiger partial charge in [0.25, 0.3) is 0 Å². The second-order valence-electron chi connectivity index (χ2n) is 4.21. The molecule has 0 aliphatic rings. The first kappa shape index (κ1) is 15.2. The van der Waals surface area contributed by atoms with E-state index < -0.39 is 16.1 Å². The molecule has 0 aliphatic heterocycles. The van der Waals surface area contributed by atoms with Crippen LogP contribution in [0.25, 0.3) is 0 Å². The molecule has 2 rings (SSSR count). The van der Waals surface area contributed by atoms with Crippen molar-refractivity contribution in [2.45, 2.75) is 11.0 Å². The topological polar surface area (TPSA) is 66.4 Å². The minimum absolute atomic E-state index is 0.0757. The third kappa shape index (κ3) is 3.67. The van der Waals surface area contributed by atoms with Crippen molar-refractivity contribution in [2.75, 3.05) is 6.54 Å². The molecule has 0 spiro atoms. The summed E-state index contributed by atoms with van der Waals surface area (Å²) in [4.78, 5) is 0.153. The molecule has 6 heteroatoms. The lowest BCUT2D eigenvalue weighted by molar-refractivity contribution is 0.182. The summed E-state index contributed by atoms with van der Waals surface area (Å²) in [5.74, 6) is 0. The molecular formula is C14H14BrNO3S. The fourth-order valence-electron chi connectivity index (χ4n) is 1.72. The van der Waals surface area contributed by atoms with E-state index in [2.05, 4.69) is 20.7 Å². The lowest BCUT2D eigenvalue weighted by Crippen LogP contribution is -2.28. The third-order valence-electron chi connectivity index (χ3n) is 2.78. The normalized spacial score (nSPS) is 13.1. The number of hydrogen-bond donors (Lipinski definition) is 2. The molecule has 2 N–H and O–H groups in total. The van der Waals surface area contributed by atoms with Gasteiger partial charge in [0, 0.05) is 11.0 Å². The average Bonchev–Trinajstić information content (AvgIpc) is 2.46. The van der Waals surface area contributed by atoms with E-state index >= 15 is 0 Å². The van der Waals surface area contributed by atoms with Crippen molar-refractivity contribution in [3.8, 4) is 0 Å². The fraction of sp³-hybridized carbons (Fsp3) is 0.143. The van der Waals surface area contributed by atoms with Crippen molar-refractivity contribution in [2.24, 2.45) is 0 Å². The number of halogens is 1. The van der Waals surface area contributed by atoms with Gasteiger partial charge in [0.2, 0.25) is 10.0 Å². The van der Waals surface area contributed by atoms with Gasteiger partial charge in [-0.1, -0.05) is 42.5 Å². The molecule has 0 heterocycles. The monoisotopic (exact) mass is 355 g/mol. The molecule has 0 bridgehead atoms. The molecule has 106 valence electrons. The summed E-state index contributed by atoms with van der Waals surface area (Å²) >= 11 is 3.20. The first-order valence-electron chi connectivity index (χ1n) is 5.98. The highest BCUT2D eigenvalue weighted by Crippen LogP contribution is 2.21. The van der Waals surface area contributed by atoms with Crippen LogP contribution in [0.1, 0.15) is 11.7 Å². The van der Waals surface area contributed by atoms with Crippen LogP contribution in [0.5, 0.6) is 0 Å². The van der Waals surface area contributed by atoms with Crippen molar-refractivity contribution in [1.82, 2.24) is 4.72 Å². The van der Waals surface area contributed by atoms with E-state index in [4.69, 9.17) is 0 Å². The maximum absolute atomic E-state index is 12.1. The zero-order chi connectivity index (χ0) is 14.6. The Kier molecular flexibility index (Phi) is 4.93. The number of benzene rings is 2. The van der Waals surface area contributed by atoms with Crippen molar-refractivity contribution in [3.63, 3.8) is 0 Å². The Hall–Kier alpha value is -1.21. The largest absolute Gasteiger partial charge is 0.387 e. The summed E-state index contributed by atoms with van der Waals surface area (Å²) in [7, 11) is -3.65. The molecule has 1 atom stereocenters. The van der Waals surface area contributed by atoms with E-state index in [-0.39, 0.29) is 11.4 Å². The maximum Gasteiger partial charge on any atom is 0.241 e. The Morgan fingerprint density at radius 2 is 1.65 bits per heavy atom. The first-order chi connectivity index (χ1) is 9.50. The molecule has 0 fully saturated rings. The van der Waals surface area contributed by atoms with Gasteiger partial charge in [0.15, 0.2) is 0 Å². The molecule has 0 amide bonds. The van der Waals surface area contributed by atoms with Crippen molar-refractivity contribution in [3.05, 3.63) is 64.6 Å². The molecule has 2 aromatic rings. The van der Waals surface area contributed by atoms with Gasteiger partial charge >= 0.3 is 0 Å². The molecular weight excluding hydrogens is 342 g/mol. The van der Waals surface area contributed by atoms with Crippen LogP contribution >= 0.6 is 15.9 Å². The van der Waals surface area contributed by atoms with Crippen molar-refractivity contribution < 1.29 is 13.5 Å². The van der Waals surface area contributed by atoms with Crippen LogP contribution in [0, 0.1) is 0 Å².